The van der Waals surface area contributed by atoms with Crippen molar-refractivity contribution in [2.75, 3.05) is 39.3 Å². The van der Waals surface area contributed by atoms with E-state index in [4.69, 9.17) is 4.74 Å². The van der Waals surface area contributed by atoms with Crippen LogP contribution in [0.4, 0.5) is 0 Å². The highest BCUT2D eigenvalue weighted by molar-refractivity contribution is 5.78. The molecule has 0 aromatic heterocycles. The maximum absolute atomic E-state index is 12.0. The van der Waals surface area contributed by atoms with Crippen molar-refractivity contribution in [1.82, 2.24) is 15.5 Å². The summed E-state index contributed by atoms with van der Waals surface area (Å²) in [5.41, 5.74) is 2.27. The van der Waals surface area contributed by atoms with Crippen LogP contribution >= 0.6 is 0 Å². The third kappa shape index (κ3) is 5.46. The van der Waals surface area contributed by atoms with E-state index in [9.17, 15) is 4.79 Å². The molecule has 0 atom stereocenters. The molecule has 1 aliphatic rings. The SMILES string of the molecule is CCOCc1ccccc1CNC(=O)CN1CCNCC1. The number of carbonyl (C=O) groups excluding carboxylic acids is 1. The van der Waals surface area contributed by atoms with Gasteiger partial charge in [0.15, 0.2) is 0 Å². The van der Waals surface area contributed by atoms with E-state index in [-0.39, 0.29) is 5.91 Å². The van der Waals surface area contributed by atoms with Crippen LogP contribution in [0, 0.1) is 0 Å². The minimum Gasteiger partial charge on any atom is -0.377 e. The molecule has 0 spiro atoms. The van der Waals surface area contributed by atoms with Gasteiger partial charge >= 0.3 is 0 Å². The Balaban J connectivity index is 1.80. The first-order chi connectivity index (χ1) is 10.3. The number of nitrogens with one attached hydrogen (secondary N) is 2. The lowest BCUT2D eigenvalue weighted by Crippen LogP contribution is -2.47. The standard InChI is InChI=1S/C16H25N3O2/c1-2-21-13-15-6-4-3-5-14(15)11-18-16(20)12-19-9-7-17-8-10-19/h3-6,17H,2,7-13H2,1H3,(H,18,20). The van der Waals surface area contributed by atoms with E-state index in [2.05, 4.69) is 15.5 Å². The van der Waals surface area contributed by atoms with Crippen LogP contribution in [0.5, 0.6) is 0 Å². The molecule has 21 heavy (non-hydrogen) atoms. The topological polar surface area (TPSA) is 53.6 Å². The molecule has 0 unspecified atom stereocenters. The molecule has 2 N–H and O–H groups in total. The molecule has 0 aliphatic carbocycles. The maximum atomic E-state index is 12.0. The van der Waals surface area contributed by atoms with Gasteiger partial charge in [-0.2, -0.15) is 0 Å². The fourth-order valence-electron chi connectivity index (χ4n) is 2.40. The number of rotatable bonds is 7. The molecule has 1 saturated heterocycles. The van der Waals surface area contributed by atoms with Gasteiger partial charge in [0, 0.05) is 39.3 Å². The van der Waals surface area contributed by atoms with Crippen LogP contribution in [0.3, 0.4) is 0 Å². The minimum absolute atomic E-state index is 0.0862. The van der Waals surface area contributed by atoms with Crippen LogP contribution in [0.15, 0.2) is 24.3 Å². The van der Waals surface area contributed by atoms with Gasteiger partial charge in [0.05, 0.1) is 13.2 Å². The van der Waals surface area contributed by atoms with Crippen LogP contribution < -0.4 is 10.6 Å². The summed E-state index contributed by atoms with van der Waals surface area (Å²) in [4.78, 5) is 14.2. The Morgan fingerprint density at radius 2 is 2.00 bits per heavy atom. The van der Waals surface area contributed by atoms with Crippen molar-refractivity contribution in [2.45, 2.75) is 20.1 Å². The Kier molecular flexibility index (Phi) is 6.66. The van der Waals surface area contributed by atoms with Gasteiger partial charge < -0.3 is 15.4 Å². The van der Waals surface area contributed by atoms with Crippen LogP contribution in [0.25, 0.3) is 0 Å². The third-order valence-corrected chi connectivity index (χ3v) is 3.63. The second kappa shape index (κ2) is 8.77. The quantitative estimate of drug-likeness (QED) is 0.778. The van der Waals surface area contributed by atoms with Gasteiger partial charge in [-0.05, 0) is 18.1 Å². The van der Waals surface area contributed by atoms with Gasteiger partial charge in [-0.3, -0.25) is 9.69 Å². The zero-order valence-electron chi connectivity index (χ0n) is 12.7. The fourth-order valence-corrected chi connectivity index (χ4v) is 2.40. The molecular formula is C16H25N3O2. The zero-order valence-corrected chi connectivity index (χ0v) is 12.7. The molecule has 116 valence electrons. The van der Waals surface area contributed by atoms with Crippen LogP contribution in [-0.4, -0.2) is 50.1 Å². The smallest absolute Gasteiger partial charge is 0.234 e. The number of ether oxygens (including phenoxy) is 1. The van der Waals surface area contributed by atoms with Crippen molar-refractivity contribution in [1.29, 1.82) is 0 Å². The lowest BCUT2D eigenvalue weighted by atomic mass is 10.1. The molecule has 1 aromatic rings. The van der Waals surface area contributed by atoms with Gasteiger partial charge in [0.1, 0.15) is 0 Å². The van der Waals surface area contributed by atoms with E-state index in [1.807, 2.05) is 31.2 Å². The molecule has 5 heteroatoms. The Labute approximate surface area is 126 Å². The highest BCUT2D eigenvalue weighted by Gasteiger charge is 2.13. The number of amides is 1. The Morgan fingerprint density at radius 1 is 1.29 bits per heavy atom. The summed E-state index contributed by atoms with van der Waals surface area (Å²) in [6, 6.07) is 8.08. The van der Waals surface area contributed by atoms with Crippen molar-refractivity contribution in [3.05, 3.63) is 35.4 Å². The van der Waals surface area contributed by atoms with Crippen molar-refractivity contribution < 1.29 is 9.53 Å². The summed E-state index contributed by atoms with van der Waals surface area (Å²) in [7, 11) is 0. The Hall–Kier alpha value is -1.43. The average molecular weight is 291 g/mol. The molecule has 1 heterocycles. The van der Waals surface area contributed by atoms with E-state index in [1.165, 1.54) is 0 Å². The predicted molar refractivity (Wildman–Crippen MR) is 82.9 cm³/mol. The van der Waals surface area contributed by atoms with Gasteiger partial charge in [0.25, 0.3) is 0 Å². The van der Waals surface area contributed by atoms with Crippen molar-refractivity contribution >= 4 is 5.91 Å². The number of benzene rings is 1. The first-order valence-electron chi connectivity index (χ1n) is 7.64. The molecule has 1 amide bonds. The Morgan fingerprint density at radius 3 is 2.71 bits per heavy atom. The highest BCUT2D eigenvalue weighted by Crippen LogP contribution is 2.10. The first-order valence-corrected chi connectivity index (χ1v) is 7.64. The number of hydrogen-bond acceptors (Lipinski definition) is 4. The van der Waals surface area contributed by atoms with Gasteiger partial charge in [0.2, 0.25) is 5.91 Å². The average Bonchev–Trinajstić information content (AvgIpc) is 2.52. The summed E-state index contributed by atoms with van der Waals surface area (Å²) in [6.45, 7) is 8.13. The summed E-state index contributed by atoms with van der Waals surface area (Å²) in [5, 5.41) is 6.29. The fraction of sp³-hybridized carbons (Fsp3) is 0.562. The van der Waals surface area contributed by atoms with Gasteiger partial charge in [-0.15, -0.1) is 0 Å². The summed E-state index contributed by atoms with van der Waals surface area (Å²) < 4.78 is 5.46. The van der Waals surface area contributed by atoms with E-state index >= 15 is 0 Å². The lowest BCUT2D eigenvalue weighted by Gasteiger charge is -2.26. The molecule has 1 aliphatic heterocycles. The molecule has 0 radical (unpaired) electrons. The van der Waals surface area contributed by atoms with Crippen molar-refractivity contribution in [3.8, 4) is 0 Å². The summed E-state index contributed by atoms with van der Waals surface area (Å²) in [6.07, 6.45) is 0. The maximum Gasteiger partial charge on any atom is 0.234 e. The van der Waals surface area contributed by atoms with E-state index < -0.39 is 0 Å². The summed E-state index contributed by atoms with van der Waals surface area (Å²) in [5.74, 6) is 0.0862. The predicted octanol–water partition coefficient (Wildman–Crippen LogP) is 0.745. The first kappa shape index (κ1) is 15.9. The van der Waals surface area contributed by atoms with Crippen LogP contribution in [-0.2, 0) is 22.7 Å². The zero-order chi connectivity index (χ0) is 14.9. The number of carbonyl (C=O) groups is 1. The van der Waals surface area contributed by atoms with E-state index in [0.717, 1.165) is 37.3 Å². The third-order valence-electron chi connectivity index (χ3n) is 3.63. The van der Waals surface area contributed by atoms with Gasteiger partial charge in [-0.25, -0.2) is 0 Å². The largest absolute Gasteiger partial charge is 0.377 e. The molecular weight excluding hydrogens is 266 g/mol. The van der Waals surface area contributed by atoms with Crippen LogP contribution in [0.1, 0.15) is 18.1 Å². The molecule has 0 saturated carbocycles. The number of piperazine rings is 1. The van der Waals surface area contributed by atoms with Gasteiger partial charge in [-0.1, -0.05) is 24.3 Å². The normalized spacial score (nSPS) is 15.9. The second-order valence-corrected chi connectivity index (χ2v) is 5.21. The minimum atomic E-state index is 0.0862. The van der Waals surface area contributed by atoms with E-state index in [1.54, 1.807) is 0 Å². The van der Waals surface area contributed by atoms with Crippen molar-refractivity contribution in [2.24, 2.45) is 0 Å². The molecule has 0 bridgehead atoms. The molecule has 2 rings (SSSR count). The number of hydrogen-bond donors (Lipinski definition) is 2. The van der Waals surface area contributed by atoms with Crippen molar-refractivity contribution in [3.63, 3.8) is 0 Å². The van der Waals surface area contributed by atoms with E-state index in [0.29, 0.717) is 26.3 Å². The Bertz CT molecular complexity index is 445. The van der Waals surface area contributed by atoms with Crippen LogP contribution in [0.2, 0.25) is 0 Å². The highest BCUT2D eigenvalue weighted by atomic mass is 16.5. The lowest BCUT2D eigenvalue weighted by molar-refractivity contribution is -0.122. The monoisotopic (exact) mass is 291 g/mol. The molecule has 5 nitrogen and oxygen atoms in total. The number of nitrogens with zero attached hydrogens (tertiary/aromatic N) is 1. The second-order valence-electron chi connectivity index (χ2n) is 5.21. The molecule has 1 aromatic carbocycles. The summed E-state index contributed by atoms with van der Waals surface area (Å²) >= 11 is 0. The molecule has 1 fully saturated rings.